The molecule has 1 aliphatic rings. The number of carboxylic acid groups (broad SMARTS) is 1. The van der Waals surface area contributed by atoms with E-state index in [4.69, 9.17) is 0 Å². The van der Waals surface area contributed by atoms with Crippen molar-refractivity contribution in [2.75, 3.05) is 23.8 Å². The van der Waals surface area contributed by atoms with Gasteiger partial charge >= 0.3 is 5.97 Å². The van der Waals surface area contributed by atoms with Crippen molar-refractivity contribution in [3.63, 3.8) is 0 Å². The van der Waals surface area contributed by atoms with Crippen LogP contribution in [0.3, 0.4) is 0 Å². The Labute approximate surface area is 94.7 Å². The third kappa shape index (κ3) is 1.52. The molecule has 5 heteroatoms. The Balaban J connectivity index is 2.58. The van der Waals surface area contributed by atoms with E-state index in [1.165, 1.54) is 0 Å². The Hall–Kier alpha value is -1.65. The van der Waals surface area contributed by atoms with Crippen LogP contribution in [-0.2, 0) is 7.05 Å². The van der Waals surface area contributed by atoms with E-state index < -0.39 is 5.97 Å². The van der Waals surface area contributed by atoms with Crippen molar-refractivity contribution in [1.29, 1.82) is 0 Å². The summed E-state index contributed by atoms with van der Waals surface area (Å²) in [6.07, 6.45) is 1.85. The molecule has 0 atom stereocenters. The summed E-state index contributed by atoms with van der Waals surface area (Å²) >= 11 is 0. The van der Waals surface area contributed by atoms with Crippen molar-refractivity contribution in [3.05, 3.63) is 11.9 Å². The first-order valence-corrected chi connectivity index (χ1v) is 5.24. The monoisotopic (exact) mass is 223 g/mol. The molecule has 0 aromatic carbocycles. The molecule has 1 aromatic heterocycles. The van der Waals surface area contributed by atoms with E-state index in [1.54, 1.807) is 11.6 Å². The van der Waals surface area contributed by atoms with Crippen LogP contribution < -0.4 is 10.2 Å². The summed E-state index contributed by atoms with van der Waals surface area (Å²) in [6.45, 7) is 4.97. The average Bonchev–Trinajstić information content (AvgIpc) is 2.39. The van der Waals surface area contributed by atoms with Crippen molar-refractivity contribution >= 4 is 17.3 Å². The van der Waals surface area contributed by atoms with Crippen LogP contribution in [0.1, 0.15) is 24.3 Å². The first-order valence-electron chi connectivity index (χ1n) is 5.24. The SMILES string of the molecule is CN1CC(C)(C)Nc2c1cn(C)c2C(=O)O. The summed E-state index contributed by atoms with van der Waals surface area (Å²) in [5.41, 5.74) is 1.86. The fraction of sp³-hybridized carbons (Fsp3) is 0.545. The molecule has 0 amide bonds. The van der Waals surface area contributed by atoms with Gasteiger partial charge in [0.1, 0.15) is 0 Å². The van der Waals surface area contributed by atoms with Gasteiger partial charge in [-0.25, -0.2) is 4.79 Å². The maximum Gasteiger partial charge on any atom is 0.354 e. The van der Waals surface area contributed by atoms with Gasteiger partial charge in [0.2, 0.25) is 0 Å². The van der Waals surface area contributed by atoms with E-state index in [1.807, 2.05) is 13.2 Å². The van der Waals surface area contributed by atoms with Crippen molar-refractivity contribution < 1.29 is 9.90 Å². The summed E-state index contributed by atoms with van der Waals surface area (Å²) in [4.78, 5) is 13.3. The Morgan fingerprint density at radius 2 is 2.12 bits per heavy atom. The maximum atomic E-state index is 11.2. The molecule has 0 saturated carbocycles. The number of hydrogen-bond acceptors (Lipinski definition) is 3. The van der Waals surface area contributed by atoms with Crippen LogP contribution in [0.5, 0.6) is 0 Å². The molecule has 88 valence electrons. The molecule has 0 saturated heterocycles. The van der Waals surface area contributed by atoms with Crippen LogP contribution in [0.2, 0.25) is 0 Å². The lowest BCUT2D eigenvalue weighted by molar-refractivity contribution is 0.0687. The van der Waals surface area contributed by atoms with Crippen LogP contribution >= 0.6 is 0 Å². The number of carbonyl (C=O) groups is 1. The van der Waals surface area contributed by atoms with E-state index in [0.29, 0.717) is 11.4 Å². The van der Waals surface area contributed by atoms with Crippen molar-refractivity contribution in [2.45, 2.75) is 19.4 Å². The number of nitrogens with zero attached hydrogens (tertiary/aromatic N) is 2. The summed E-state index contributed by atoms with van der Waals surface area (Å²) < 4.78 is 1.65. The van der Waals surface area contributed by atoms with Gasteiger partial charge in [0.25, 0.3) is 0 Å². The third-order valence-electron chi connectivity index (χ3n) is 2.87. The fourth-order valence-electron chi connectivity index (χ4n) is 2.34. The van der Waals surface area contributed by atoms with Gasteiger partial charge in [0, 0.05) is 32.4 Å². The minimum absolute atomic E-state index is 0.118. The summed E-state index contributed by atoms with van der Waals surface area (Å²) in [6, 6.07) is 0. The summed E-state index contributed by atoms with van der Waals surface area (Å²) in [5, 5.41) is 12.5. The smallest absolute Gasteiger partial charge is 0.354 e. The van der Waals surface area contributed by atoms with E-state index in [9.17, 15) is 9.90 Å². The van der Waals surface area contributed by atoms with Gasteiger partial charge in [-0.2, -0.15) is 0 Å². The molecule has 16 heavy (non-hydrogen) atoms. The zero-order valence-electron chi connectivity index (χ0n) is 10.0. The van der Waals surface area contributed by atoms with Gasteiger partial charge < -0.3 is 19.9 Å². The second-order valence-electron chi connectivity index (χ2n) is 5.02. The molecule has 2 N–H and O–H groups in total. The Morgan fingerprint density at radius 3 is 2.69 bits per heavy atom. The quantitative estimate of drug-likeness (QED) is 0.755. The van der Waals surface area contributed by atoms with Crippen LogP contribution in [0.4, 0.5) is 11.4 Å². The number of likely N-dealkylation sites (N-methyl/N-ethyl adjacent to an activating group) is 1. The fourth-order valence-corrected chi connectivity index (χ4v) is 2.34. The highest BCUT2D eigenvalue weighted by Gasteiger charge is 2.32. The van der Waals surface area contributed by atoms with Crippen LogP contribution in [0.25, 0.3) is 0 Å². The van der Waals surface area contributed by atoms with E-state index >= 15 is 0 Å². The number of carboxylic acids is 1. The lowest BCUT2D eigenvalue weighted by atomic mass is 10.0. The number of hydrogen-bond donors (Lipinski definition) is 2. The standard InChI is InChI=1S/C11H17N3O2/c1-11(2)6-14(4)7-5-13(3)9(10(15)16)8(7)12-11/h5,12H,6H2,1-4H3,(H,15,16). The normalized spacial score (nSPS) is 17.9. The molecule has 0 radical (unpaired) electrons. The van der Waals surface area contributed by atoms with Gasteiger partial charge in [-0.05, 0) is 13.8 Å². The minimum atomic E-state index is -0.901. The Bertz CT molecular complexity index is 448. The Morgan fingerprint density at radius 1 is 1.50 bits per heavy atom. The van der Waals surface area contributed by atoms with Crippen molar-refractivity contribution in [3.8, 4) is 0 Å². The number of nitrogens with one attached hydrogen (secondary N) is 1. The maximum absolute atomic E-state index is 11.2. The first-order chi connectivity index (χ1) is 7.32. The van der Waals surface area contributed by atoms with Gasteiger partial charge in [0.05, 0.1) is 11.4 Å². The largest absolute Gasteiger partial charge is 0.477 e. The molecule has 1 aliphatic heterocycles. The number of aryl methyl sites for hydroxylation is 1. The predicted molar refractivity (Wildman–Crippen MR) is 63.3 cm³/mol. The molecule has 0 spiro atoms. The number of aromatic carboxylic acids is 1. The topological polar surface area (TPSA) is 57.5 Å². The molecule has 0 unspecified atom stereocenters. The summed E-state index contributed by atoms with van der Waals surface area (Å²) in [7, 11) is 3.73. The molecule has 0 fully saturated rings. The molecular formula is C11H17N3O2. The highest BCUT2D eigenvalue weighted by molar-refractivity contribution is 5.98. The van der Waals surface area contributed by atoms with Crippen LogP contribution in [0.15, 0.2) is 6.20 Å². The Kier molecular flexibility index (Phi) is 2.15. The molecule has 0 aliphatic carbocycles. The molecular weight excluding hydrogens is 206 g/mol. The van der Waals surface area contributed by atoms with E-state index in [0.717, 1.165) is 12.2 Å². The van der Waals surface area contributed by atoms with E-state index in [-0.39, 0.29) is 5.54 Å². The number of anilines is 2. The molecule has 2 rings (SSSR count). The minimum Gasteiger partial charge on any atom is -0.477 e. The van der Waals surface area contributed by atoms with Gasteiger partial charge in [0.15, 0.2) is 5.69 Å². The van der Waals surface area contributed by atoms with Crippen LogP contribution in [0, 0.1) is 0 Å². The highest BCUT2D eigenvalue weighted by Crippen LogP contribution is 2.37. The molecule has 2 heterocycles. The number of fused-ring (bicyclic) bond motifs is 1. The predicted octanol–water partition coefficient (Wildman–Crippen LogP) is 1.36. The van der Waals surface area contributed by atoms with Gasteiger partial charge in [-0.3, -0.25) is 0 Å². The van der Waals surface area contributed by atoms with Crippen molar-refractivity contribution in [2.24, 2.45) is 7.05 Å². The van der Waals surface area contributed by atoms with Gasteiger partial charge in [-0.1, -0.05) is 0 Å². The average molecular weight is 223 g/mol. The molecule has 0 bridgehead atoms. The molecule has 5 nitrogen and oxygen atoms in total. The number of rotatable bonds is 1. The lowest BCUT2D eigenvalue weighted by Crippen LogP contribution is -2.46. The van der Waals surface area contributed by atoms with Gasteiger partial charge in [-0.15, -0.1) is 0 Å². The zero-order chi connectivity index (χ0) is 12.1. The molecule has 1 aromatic rings. The first kappa shape index (κ1) is 10.9. The van der Waals surface area contributed by atoms with E-state index in [2.05, 4.69) is 24.1 Å². The second kappa shape index (κ2) is 3.17. The summed E-state index contributed by atoms with van der Waals surface area (Å²) in [5.74, 6) is -0.901. The second-order valence-corrected chi connectivity index (χ2v) is 5.02. The lowest BCUT2D eigenvalue weighted by Gasteiger charge is -2.38. The highest BCUT2D eigenvalue weighted by atomic mass is 16.4. The number of aromatic nitrogens is 1. The van der Waals surface area contributed by atoms with Crippen LogP contribution in [-0.4, -0.2) is 34.8 Å². The third-order valence-corrected chi connectivity index (χ3v) is 2.87. The van der Waals surface area contributed by atoms with Crippen molar-refractivity contribution in [1.82, 2.24) is 4.57 Å². The zero-order valence-corrected chi connectivity index (χ0v) is 10.0.